The van der Waals surface area contributed by atoms with Crippen LogP contribution in [-0.2, 0) is 5.75 Å². The zero-order valence-electron chi connectivity index (χ0n) is 8.00. The molecule has 1 N–H and O–H groups in total. The number of aliphatic hydroxyl groups excluding tert-OH is 1. The number of hydrogen-bond acceptors (Lipinski definition) is 2. The summed E-state index contributed by atoms with van der Waals surface area (Å²) in [5.74, 6) is 1.89. The number of aliphatic hydroxyl groups is 1. The fraction of sp³-hybridized carbons (Fsp3) is 0.455. The van der Waals surface area contributed by atoms with Crippen LogP contribution in [-0.4, -0.2) is 10.9 Å². The molecule has 1 aliphatic heterocycles. The SMILES string of the molecule is Cc1cc(C)c2c(c1)CSCC2O. The summed E-state index contributed by atoms with van der Waals surface area (Å²) in [6.07, 6.45) is -0.255. The van der Waals surface area contributed by atoms with Crippen molar-refractivity contribution in [1.29, 1.82) is 0 Å². The van der Waals surface area contributed by atoms with E-state index >= 15 is 0 Å². The smallest absolute Gasteiger partial charge is 0.0886 e. The highest BCUT2D eigenvalue weighted by Crippen LogP contribution is 2.34. The monoisotopic (exact) mass is 194 g/mol. The summed E-state index contributed by atoms with van der Waals surface area (Å²) in [5.41, 5.74) is 5.03. The van der Waals surface area contributed by atoms with Gasteiger partial charge in [0.1, 0.15) is 0 Å². The predicted molar refractivity (Wildman–Crippen MR) is 57.0 cm³/mol. The van der Waals surface area contributed by atoms with Crippen molar-refractivity contribution in [3.05, 3.63) is 34.4 Å². The van der Waals surface area contributed by atoms with Crippen LogP contribution in [0.5, 0.6) is 0 Å². The summed E-state index contributed by atoms with van der Waals surface area (Å²) in [6.45, 7) is 4.20. The van der Waals surface area contributed by atoms with Crippen LogP contribution in [0.2, 0.25) is 0 Å². The van der Waals surface area contributed by atoms with Crippen molar-refractivity contribution < 1.29 is 5.11 Å². The van der Waals surface area contributed by atoms with Gasteiger partial charge in [-0.3, -0.25) is 0 Å². The van der Waals surface area contributed by atoms with Gasteiger partial charge in [-0.25, -0.2) is 0 Å². The highest BCUT2D eigenvalue weighted by atomic mass is 32.2. The molecule has 2 rings (SSSR count). The molecule has 0 saturated carbocycles. The van der Waals surface area contributed by atoms with Gasteiger partial charge in [0.15, 0.2) is 0 Å². The van der Waals surface area contributed by atoms with Gasteiger partial charge in [0, 0.05) is 11.5 Å². The summed E-state index contributed by atoms with van der Waals surface area (Å²) >= 11 is 1.81. The average molecular weight is 194 g/mol. The van der Waals surface area contributed by atoms with Crippen LogP contribution in [0.3, 0.4) is 0 Å². The summed E-state index contributed by atoms with van der Waals surface area (Å²) in [5, 5.41) is 9.81. The molecule has 0 bridgehead atoms. The van der Waals surface area contributed by atoms with Crippen molar-refractivity contribution in [3.8, 4) is 0 Å². The van der Waals surface area contributed by atoms with Gasteiger partial charge in [-0.1, -0.05) is 17.7 Å². The van der Waals surface area contributed by atoms with E-state index in [9.17, 15) is 5.11 Å². The van der Waals surface area contributed by atoms with Crippen molar-refractivity contribution in [2.24, 2.45) is 0 Å². The Labute approximate surface area is 83.2 Å². The zero-order chi connectivity index (χ0) is 9.42. The summed E-state index contributed by atoms with van der Waals surface area (Å²) in [7, 11) is 0. The molecular formula is C11H14OS. The van der Waals surface area contributed by atoms with Crippen LogP contribution in [0.15, 0.2) is 12.1 Å². The standard InChI is InChI=1S/C11H14OS/c1-7-3-8(2)11-9(4-7)5-13-6-10(11)12/h3-4,10,12H,5-6H2,1-2H3. The lowest BCUT2D eigenvalue weighted by Crippen LogP contribution is -2.12. The Bertz CT molecular complexity index is 333. The number of hydrogen-bond donors (Lipinski definition) is 1. The maximum absolute atomic E-state index is 9.81. The van der Waals surface area contributed by atoms with Crippen LogP contribution >= 0.6 is 11.8 Å². The van der Waals surface area contributed by atoms with Crippen LogP contribution in [0, 0.1) is 13.8 Å². The molecule has 1 unspecified atom stereocenters. The fourth-order valence-electron chi connectivity index (χ4n) is 2.03. The van der Waals surface area contributed by atoms with Gasteiger partial charge in [-0.15, -0.1) is 0 Å². The van der Waals surface area contributed by atoms with E-state index in [0.717, 1.165) is 11.5 Å². The van der Waals surface area contributed by atoms with Gasteiger partial charge in [-0.05, 0) is 30.5 Å². The first-order valence-corrected chi connectivity index (χ1v) is 5.70. The van der Waals surface area contributed by atoms with Gasteiger partial charge in [-0.2, -0.15) is 11.8 Å². The van der Waals surface area contributed by atoms with E-state index in [2.05, 4.69) is 26.0 Å². The first kappa shape index (κ1) is 9.10. The Morgan fingerprint density at radius 2 is 2.15 bits per heavy atom. The van der Waals surface area contributed by atoms with E-state index in [1.165, 1.54) is 22.3 Å². The topological polar surface area (TPSA) is 20.2 Å². The van der Waals surface area contributed by atoms with E-state index < -0.39 is 0 Å². The maximum atomic E-state index is 9.81. The molecule has 1 aromatic carbocycles. The van der Waals surface area contributed by atoms with Crippen molar-refractivity contribution >= 4 is 11.8 Å². The minimum absolute atomic E-state index is 0.255. The summed E-state index contributed by atoms with van der Waals surface area (Å²) < 4.78 is 0. The molecule has 70 valence electrons. The Morgan fingerprint density at radius 1 is 1.38 bits per heavy atom. The van der Waals surface area contributed by atoms with Gasteiger partial charge in [0.25, 0.3) is 0 Å². The van der Waals surface area contributed by atoms with Crippen LogP contribution in [0.4, 0.5) is 0 Å². The molecule has 0 fully saturated rings. The minimum atomic E-state index is -0.255. The molecule has 0 saturated heterocycles. The lowest BCUT2D eigenvalue weighted by Gasteiger charge is -2.23. The lowest BCUT2D eigenvalue weighted by atomic mass is 9.96. The number of aryl methyl sites for hydroxylation is 2. The normalized spacial score (nSPS) is 21.3. The lowest BCUT2D eigenvalue weighted by molar-refractivity contribution is 0.201. The Hall–Kier alpha value is -0.470. The Kier molecular flexibility index (Phi) is 2.35. The first-order chi connectivity index (χ1) is 6.18. The van der Waals surface area contributed by atoms with Crippen molar-refractivity contribution in [1.82, 2.24) is 0 Å². The van der Waals surface area contributed by atoms with Crippen molar-refractivity contribution in [2.45, 2.75) is 25.7 Å². The van der Waals surface area contributed by atoms with E-state index in [4.69, 9.17) is 0 Å². The van der Waals surface area contributed by atoms with Gasteiger partial charge >= 0.3 is 0 Å². The molecule has 0 amide bonds. The van der Waals surface area contributed by atoms with E-state index in [1.54, 1.807) is 0 Å². The zero-order valence-corrected chi connectivity index (χ0v) is 8.82. The van der Waals surface area contributed by atoms with Crippen LogP contribution in [0.25, 0.3) is 0 Å². The second-order valence-electron chi connectivity index (χ2n) is 3.69. The molecule has 0 spiro atoms. The molecule has 1 aromatic rings. The molecule has 1 nitrogen and oxygen atoms in total. The molecule has 0 aromatic heterocycles. The third-order valence-electron chi connectivity index (χ3n) is 2.48. The van der Waals surface area contributed by atoms with Crippen molar-refractivity contribution in [2.75, 3.05) is 5.75 Å². The second kappa shape index (κ2) is 3.35. The minimum Gasteiger partial charge on any atom is -0.388 e. The third kappa shape index (κ3) is 1.61. The van der Waals surface area contributed by atoms with Crippen LogP contribution < -0.4 is 0 Å². The number of benzene rings is 1. The van der Waals surface area contributed by atoms with Gasteiger partial charge in [0.05, 0.1) is 6.10 Å². The summed E-state index contributed by atoms with van der Waals surface area (Å²) in [6, 6.07) is 4.34. The highest BCUT2D eigenvalue weighted by Gasteiger charge is 2.20. The Morgan fingerprint density at radius 3 is 2.92 bits per heavy atom. The molecule has 0 radical (unpaired) electrons. The predicted octanol–water partition coefficient (Wildman–Crippen LogP) is 2.58. The molecule has 2 heteroatoms. The molecular weight excluding hydrogens is 180 g/mol. The molecule has 1 heterocycles. The first-order valence-electron chi connectivity index (χ1n) is 4.54. The highest BCUT2D eigenvalue weighted by molar-refractivity contribution is 7.98. The van der Waals surface area contributed by atoms with E-state index in [-0.39, 0.29) is 6.10 Å². The van der Waals surface area contributed by atoms with Gasteiger partial charge < -0.3 is 5.11 Å². The van der Waals surface area contributed by atoms with E-state index in [0.29, 0.717) is 0 Å². The average Bonchev–Trinajstić information content (AvgIpc) is 2.02. The quantitative estimate of drug-likeness (QED) is 0.685. The number of thioether (sulfide) groups is 1. The molecule has 1 atom stereocenters. The third-order valence-corrected chi connectivity index (χ3v) is 3.55. The molecule has 13 heavy (non-hydrogen) atoms. The number of fused-ring (bicyclic) bond motifs is 1. The number of rotatable bonds is 0. The maximum Gasteiger partial charge on any atom is 0.0886 e. The molecule has 0 aliphatic carbocycles. The molecule has 1 aliphatic rings. The Balaban J connectivity index is 2.56. The second-order valence-corrected chi connectivity index (χ2v) is 4.72. The fourth-order valence-corrected chi connectivity index (χ4v) is 2.99. The van der Waals surface area contributed by atoms with E-state index in [1.807, 2.05) is 11.8 Å². The van der Waals surface area contributed by atoms with Crippen LogP contribution in [0.1, 0.15) is 28.4 Å². The summed E-state index contributed by atoms with van der Waals surface area (Å²) in [4.78, 5) is 0. The van der Waals surface area contributed by atoms with Crippen molar-refractivity contribution in [3.63, 3.8) is 0 Å². The van der Waals surface area contributed by atoms with Gasteiger partial charge in [0.2, 0.25) is 0 Å². The largest absolute Gasteiger partial charge is 0.388 e.